The van der Waals surface area contributed by atoms with E-state index in [4.69, 9.17) is 10.8 Å². The normalized spacial score (nSPS) is 12.7. The number of nitrogens with two attached hydrogens (primary N) is 1. The summed E-state index contributed by atoms with van der Waals surface area (Å²) in [6, 6.07) is 2.92. The molecule has 1 rings (SSSR count). The van der Waals surface area contributed by atoms with Crippen molar-refractivity contribution in [1.82, 2.24) is 0 Å². The summed E-state index contributed by atoms with van der Waals surface area (Å²) >= 11 is 1.09. The van der Waals surface area contributed by atoms with Crippen LogP contribution in [0.4, 0.5) is 5.00 Å². The van der Waals surface area contributed by atoms with Crippen LogP contribution >= 0.6 is 11.3 Å². The van der Waals surface area contributed by atoms with E-state index < -0.39 is 4.92 Å². The zero-order valence-electron chi connectivity index (χ0n) is 7.55. The largest absolute Gasteiger partial charge is 0.396 e. The fraction of sp³-hybridized carbons (Fsp3) is 0.500. The highest BCUT2D eigenvalue weighted by Crippen LogP contribution is 2.29. The average molecular weight is 216 g/mol. The lowest BCUT2D eigenvalue weighted by Crippen LogP contribution is -2.08. The van der Waals surface area contributed by atoms with Crippen LogP contribution in [0.3, 0.4) is 0 Å². The van der Waals surface area contributed by atoms with Gasteiger partial charge in [0.25, 0.3) is 0 Å². The topological polar surface area (TPSA) is 89.4 Å². The molecule has 6 heteroatoms. The first-order valence-corrected chi connectivity index (χ1v) is 5.07. The van der Waals surface area contributed by atoms with Crippen molar-refractivity contribution in [1.29, 1.82) is 0 Å². The van der Waals surface area contributed by atoms with Gasteiger partial charge in [-0.25, -0.2) is 0 Å². The second-order valence-electron chi connectivity index (χ2n) is 2.91. The zero-order valence-corrected chi connectivity index (χ0v) is 8.37. The number of rotatable bonds is 5. The molecular weight excluding hydrogens is 204 g/mol. The van der Waals surface area contributed by atoms with Gasteiger partial charge in [-0.2, -0.15) is 0 Å². The van der Waals surface area contributed by atoms with Crippen molar-refractivity contribution < 1.29 is 10.0 Å². The number of aliphatic hydroxyl groups excluding tert-OH is 1. The average Bonchev–Trinajstić information content (AvgIpc) is 2.62. The molecule has 1 aromatic heterocycles. The fourth-order valence-corrected chi connectivity index (χ4v) is 1.95. The van der Waals surface area contributed by atoms with Crippen LogP contribution < -0.4 is 5.73 Å². The van der Waals surface area contributed by atoms with Crippen molar-refractivity contribution in [2.45, 2.75) is 18.9 Å². The summed E-state index contributed by atoms with van der Waals surface area (Å²) in [7, 11) is 0. The third kappa shape index (κ3) is 2.76. The van der Waals surface area contributed by atoms with Crippen LogP contribution in [-0.2, 0) is 0 Å². The molecule has 0 aliphatic heterocycles. The zero-order chi connectivity index (χ0) is 10.6. The number of aliphatic hydroxyl groups is 1. The first kappa shape index (κ1) is 11.1. The summed E-state index contributed by atoms with van der Waals surface area (Å²) in [5.41, 5.74) is 5.77. The Morgan fingerprint density at radius 1 is 1.64 bits per heavy atom. The first-order valence-electron chi connectivity index (χ1n) is 4.25. The lowest BCUT2D eigenvalue weighted by Gasteiger charge is -2.06. The number of hydrogen-bond donors (Lipinski definition) is 2. The lowest BCUT2D eigenvalue weighted by molar-refractivity contribution is -0.380. The highest BCUT2D eigenvalue weighted by molar-refractivity contribution is 7.15. The Balaban J connectivity index is 2.61. The molecule has 0 aliphatic carbocycles. The van der Waals surface area contributed by atoms with Gasteiger partial charge in [0.2, 0.25) is 0 Å². The molecule has 1 heterocycles. The van der Waals surface area contributed by atoms with E-state index in [-0.39, 0.29) is 17.6 Å². The molecule has 5 nitrogen and oxygen atoms in total. The Bertz CT molecular complexity index is 313. The number of nitro groups is 1. The van der Waals surface area contributed by atoms with Gasteiger partial charge >= 0.3 is 5.00 Å². The molecule has 78 valence electrons. The second kappa shape index (κ2) is 5.04. The van der Waals surface area contributed by atoms with Crippen LogP contribution in [0.15, 0.2) is 12.1 Å². The second-order valence-corrected chi connectivity index (χ2v) is 4.00. The smallest absolute Gasteiger partial charge is 0.324 e. The van der Waals surface area contributed by atoms with Crippen LogP contribution in [-0.4, -0.2) is 16.6 Å². The minimum absolute atomic E-state index is 0.0984. The highest BCUT2D eigenvalue weighted by Gasteiger charge is 2.14. The van der Waals surface area contributed by atoms with E-state index in [2.05, 4.69) is 0 Å². The van der Waals surface area contributed by atoms with Gasteiger partial charge in [0.05, 0.1) is 4.92 Å². The summed E-state index contributed by atoms with van der Waals surface area (Å²) in [6.45, 7) is 0.0984. The van der Waals surface area contributed by atoms with Gasteiger partial charge < -0.3 is 10.8 Å². The van der Waals surface area contributed by atoms with Crippen molar-refractivity contribution in [2.24, 2.45) is 5.73 Å². The Labute approximate surface area is 85.3 Å². The predicted molar refractivity (Wildman–Crippen MR) is 54.2 cm³/mol. The van der Waals surface area contributed by atoms with E-state index >= 15 is 0 Å². The van der Waals surface area contributed by atoms with Gasteiger partial charge in [-0.3, -0.25) is 10.1 Å². The summed E-state index contributed by atoms with van der Waals surface area (Å²) in [5, 5.41) is 19.1. The minimum atomic E-state index is -0.424. The molecule has 0 saturated heterocycles. The molecular formula is C8H12N2O3S. The molecule has 14 heavy (non-hydrogen) atoms. The summed E-state index contributed by atoms with van der Waals surface area (Å²) < 4.78 is 0. The molecule has 1 aromatic rings. The van der Waals surface area contributed by atoms with E-state index in [1.54, 1.807) is 6.07 Å². The van der Waals surface area contributed by atoms with E-state index in [0.29, 0.717) is 12.8 Å². The molecule has 0 spiro atoms. The molecule has 1 atom stereocenters. The van der Waals surface area contributed by atoms with Crippen LogP contribution in [0.1, 0.15) is 23.8 Å². The van der Waals surface area contributed by atoms with Crippen molar-refractivity contribution in [3.05, 3.63) is 27.1 Å². The SMILES string of the molecule is N[C@@H](CCCO)c1ccc([N+](=O)[O-])s1. The highest BCUT2D eigenvalue weighted by atomic mass is 32.1. The number of thiophene rings is 1. The quantitative estimate of drug-likeness (QED) is 0.575. The van der Waals surface area contributed by atoms with Gasteiger partial charge in [0.1, 0.15) is 0 Å². The van der Waals surface area contributed by atoms with Crippen molar-refractivity contribution in [3.63, 3.8) is 0 Å². The molecule has 0 aliphatic rings. The van der Waals surface area contributed by atoms with Crippen molar-refractivity contribution in [2.75, 3.05) is 6.61 Å². The van der Waals surface area contributed by atoms with Gasteiger partial charge in [0.15, 0.2) is 0 Å². The van der Waals surface area contributed by atoms with E-state index in [1.807, 2.05) is 0 Å². The molecule has 0 radical (unpaired) electrons. The standard InChI is InChI=1S/C8H12N2O3S/c9-6(2-1-5-11)7-3-4-8(14-7)10(12)13/h3-4,6,11H,1-2,5,9H2/t6-/m0/s1. The predicted octanol–water partition coefficient (Wildman–Crippen LogP) is 1.43. The maximum absolute atomic E-state index is 10.4. The van der Waals surface area contributed by atoms with Crippen LogP contribution in [0.25, 0.3) is 0 Å². The monoisotopic (exact) mass is 216 g/mol. The molecule has 0 unspecified atom stereocenters. The van der Waals surface area contributed by atoms with Gasteiger partial charge in [-0.05, 0) is 18.9 Å². The van der Waals surface area contributed by atoms with Crippen LogP contribution in [0, 0.1) is 10.1 Å². The Hall–Kier alpha value is -0.980. The minimum Gasteiger partial charge on any atom is -0.396 e. The van der Waals surface area contributed by atoms with Gasteiger partial charge in [0, 0.05) is 23.6 Å². The van der Waals surface area contributed by atoms with E-state index in [0.717, 1.165) is 16.2 Å². The maximum atomic E-state index is 10.4. The molecule has 0 bridgehead atoms. The fourth-order valence-electron chi connectivity index (χ4n) is 1.09. The number of hydrogen-bond acceptors (Lipinski definition) is 5. The van der Waals surface area contributed by atoms with Crippen LogP contribution in [0.5, 0.6) is 0 Å². The molecule has 0 aromatic carbocycles. The van der Waals surface area contributed by atoms with Crippen LogP contribution in [0.2, 0.25) is 0 Å². The lowest BCUT2D eigenvalue weighted by atomic mass is 10.1. The first-order chi connectivity index (χ1) is 6.65. The third-order valence-corrected chi connectivity index (χ3v) is 3.00. The van der Waals surface area contributed by atoms with E-state index in [1.165, 1.54) is 6.07 Å². The molecule has 0 saturated carbocycles. The van der Waals surface area contributed by atoms with Gasteiger partial charge in [-0.1, -0.05) is 11.3 Å². The molecule has 0 fully saturated rings. The van der Waals surface area contributed by atoms with Gasteiger partial charge in [-0.15, -0.1) is 0 Å². The number of nitrogens with zero attached hydrogens (tertiary/aromatic N) is 1. The maximum Gasteiger partial charge on any atom is 0.324 e. The summed E-state index contributed by atoms with van der Waals surface area (Å²) in [5.74, 6) is 0. The molecule has 0 amide bonds. The summed E-state index contributed by atoms with van der Waals surface area (Å²) in [6.07, 6.45) is 1.26. The Kier molecular flexibility index (Phi) is 3.99. The summed E-state index contributed by atoms with van der Waals surface area (Å²) in [4.78, 5) is 10.8. The van der Waals surface area contributed by atoms with Crippen molar-refractivity contribution >= 4 is 16.3 Å². The van der Waals surface area contributed by atoms with Crippen molar-refractivity contribution in [3.8, 4) is 0 Å². The Morgan fingerprint density at radius 3 is 2.86 bits per heavy atom. The Morgan fingerprint density at radius 2 is 2.36 bits per heavy atom. The van der Waals surface area contributed by atoms with E-state index in [9.17, 15) is 10.1 Å². The molecule has 3 N–H and O–H groups in total. The third-order valence-electron chi connectivity index (χ3n) is 1.83.